The molecule has 2 aromatic carbocycles. The molecule has 1 amide bonds. The number of thiophene rings is 1. The molecule has 1 aromatic heterocycles. The molecule has 1 saturated heterocycles. The van der Waals surface area contributed by atoms with E-state index in [1.54, 1.807) is 22.3 Å². The molecule has 5 rings (SSSR count). The fraction of sp³-hybridized carbons (Fsp3) is 0.320. The van der Waals surface area contributed by atoms with Crippen molar-refractivity contribution in [1.29, 1.82) is 0 Å². The minimum absolute atomic E-state index is 0.0620. The van der Waals surface area contributed by atoms with Crippen molar-refractivity contribution in [2.24, 2.45) is 0 Å². The third-order valence-corrected chi connectivity index (χ3v) is 10.1. The van der Waals surface area contributed by atoms with Gasteiger partial charge in [-0.3, -0.25) is 19.8 Å². The molecule has 38 heavy (non-hydrogen) atoms. The van der Waals surface area contributed by atoms with Gasteiger partial charge in [-0.15, -0.1) is 11.3 Å². The van der Waals surface area contributed by atoms with Gasteiger partial charge in [0.05, 0.1) is 22.4 Å². The monoisotopic (exact) mass is 578 g/mol. The standard InChI is InChI=1S/C25H24ClFN4O5S2/c26-21-5-4-19(15-22(21)31(33)34)38(35,36)30-11-9-28(10-12-30)24(32)16-29-8-6-23-20(7-13-37-23)25(29)17-2-1-3-18(27)14-17/h1-5,7,13-15,25H,6,8-12,16H2. The molecule has 0 spiro atoms. The topological polar surface area (TPSA) is 104 Å². The third-order valence-electron chi connectivity index (χ3n) is 6.91. The van der Waals surface area contributed by atoms with Crippen LogP contribution in [0.3, 0.4) is 0 Å². The first kappa shape index (κ1) is 26.7. The number of piperazine rings is 1. The van der Waals surface area contributed by atoms with Crippen LogP contribution in [0.1, 0.15) is 22.0 Å². The summed E-state index contributed by atoms with van der Waals surface area (Å²) in [7, 11) is -4.00. The molecule has 1 fully saturated rings. The van der Waals surface area contributed by atoms with Crippen molar-refractivity contribution in [3.05, 3.63) is 90.9 Å². The van der Waals surface area contributed by atoms with E-state index in [1.807, 2.05) is 22.4 Å². The number of fused-ring (bicyclic) bond motifs is 1. The summed E-state index contributed by atoms with van der Waals surface area (Å²) in [6, 6.07) is 11.6. The van der Waals surface area contributed by atoms with E-state index in [4.69, 9.17) is 11.6 Å². The van der Waals surface area contributed by atoms with Crippen LogP contribution in [0.5, 0.6) is 0 Å². The van der Waals surface area contributed by atoms with Crippen LogP contribution in [0, 0.1) is 15.9 Å². The maximum Gasteiger partial charge on any atom is 0.289 e. The molecule has 1 atom stereocenters. The molecular formula is C25H24ClFN4O5S2. The van der Waals surface area contributed by atoms with Gasteiger partial charge in [-0.05, 0) is 53.3 Å². The number of carbonyl (C=O) groups is 1. The molecule has 0 saturated carbocycles. The minimum atomic E-state index is -4.00. The van der Waals surface area contributed by atoms with Crippen LogP contribution in [0.2, 0.25) is 5.02 Å². The first-order valence-corrected chi connectivity index (χ1v) is 14.6. The van der Waals surface area contributed by atoms with Gasteiger partial charge < -0.3 is 4.90 Å². The molecule has 1 unspecified atom stereocenters. The van der Waals surface area contributed by atoms with Crippen LogP contribution in [-0.2, 0) is 21.2 Å². The predicted octanol–water partition coefficient (Wildman–Crippen LogP) is 3.93. The number of benzene rings is 2. The summed E-state index contributed by atoms with van der Waals surface area (Å²) in [6.07, 6.45) is 0.797. The number of nitrogens with zero attached hydrogens (tertiary/aromatic N) is 4. The zero-order chi connectivity index (χ0) is 27.0. The van der Waals surface area contributed by atoms with E-state index in [0.717, 1.165) is 23.6 Å². The van der Waals surface area contributed by atoms with Crippen LogP contribution in [0.4, 0.5) is 10.1 Å². The zero-order valence-electron chi connectivity index (χ0n) is 20.1. The Morgan fingerprint density at radius 1 is 1.11 bits per heavy atom. The molecule has 2 aliphatic heterocycles. The van der Waals surface area contributed by atoms with Crippen molar-refractivity contribution in [2.45, 2.75) is 17.4 Å². The first-order chi connectivity index (χ1) is 18.1. The molecule has 9 nitrogen and oxygen atoms in total. The summed E-state index contributed by atoms with van der Waals surface area (Å²) in [5.41, 5.74) is 1.38. The van der Waals surface area contributed by atoms with Gasteiger partial charge in [0.15, 0.2) is 0 Å². The van der Waals surface area contributed by atoms with Gasteiger partial charge in [-0.25, -0.2) is 12.8 Å². The largest absolute Gasteiger partial charge is 0.339 e. The van der Waals surface area contributed by atoms with Crippen molar-refractivity contribution in [1.82, 2.24) is 14.1 Å². The summed E-state index contributed by atoms with van der Waals surface area (Å²) in [5.74, 6) is -0.469. The van der Waals surface area contributed by atoms with Crippen LogP contribution in [-0.4, -0.2) is 72.6 Å². The molecule has 0 N–H and O–H groups in total. The van der Waals surface area contributed by atoms with E-state index in [2.05, 4.69) is 0 Å². The van der Waals surface area contributed by atoms with Gasteiger partial charge in [-0.2, -0.15) is 4.31 Å². The number of rotatable bonds is 6. The Morgan fingerprint density at radius 3 is 2.58 bits per heavy atom. The lowest BCUT2D eigenvalue weighted by Crippen LogP contribution is -2.53. The highest BCUT2D eigenvalue weighted by atomic mass is 35.5. The number of sulfonamides is 1. The second kappa shape index (κ2) is 10.7. The second-order valence-electron chi connectivity index (χ2n) is 9.13. The first-order valence-electron chi connectivity index (χ1n) is 11.9. The van der Waals surface area contributed by atoms with Crippen LogP contribution >= 0.6 is 22.9 Å². The summed E-state index contributed by atoms with van der Waals surface area (Å²) in [5, 5.41) is 13.1. The molecule has 13 heteroatoms. The summed E-state index contributed by atoms with van der Waals surface area (Å²) in [6.45, 7) is 1.27. The highest BCUT2D eigenvalue weighted by Gasteiger charge is 2.35. The number of nitro groups is 1. The molecule has 2 aliphatic rings. The van der Waals surface area contributed by atoms with E-state index in [9.17, 15) is 27.7 Å². The summed E-state index contributed by atoms with van der Waals surface area (Å²) in [4.78, 5) is 28.4. The van der Waals surface area contributed by atoms with Crippen LogP contribution in [0.25, 0.3) is 0 Å². The number of halogens is 2. The average Bonchev–Trinajstić information content (AvgIpc) is 3.37. The fourth-order valence-corrected chi connectivity index (χ4v) is 7.53. The van der Waals surface area contributed by atoms with Crippen molar-refractivity contribution in [2.75, 3.05) is 39.3 Å². The van der Waals surface area contributed by atoms with E-state index < -0.39 is 20.6 Å². The molecular weight excluding hydrogens is 555 g/mol. The number of nitro benzene ring substituents is 1. The van der Waals surface area contributed by atoms with Crippen molar-refractivity contribution < 1.29 is 22.5 Å². The fourth-order valence-electron chi connectivity index (χ4n) is 5.00. The van der Waals surface area contributed by atoms with Gasteiger partial charge in [0.25, 0.3) is 5.69 Å². The molecule has 0 radical (unpaired) electrons. The van der Waals surface area contributed by atoms with Crippen molar-refractivity contribution in [3.63, 3.8) is 0 Å². The van der Waals surface area contributed by atoms with Gasteiger partial charge in [0.1, 0.15) is 10.8 Å². The Labute approximate surface area is 228 Å². The number of carbonyl (C=O) groups excluding carboxylic acids is 1. The number of amides is 1. The summed E-state index contributed by atoms with van der Waals surface area (Å²) >= 11 is 7.48. The number of hydrogen-bond donors (Lipinski definition) is 0. The highest BCUT2D eigenvalue weighted by Crippen LogP contribution is 2.38. The van der Waals surface area contributed by atoms with Crippen LogP contribution in [0.15, 0.2) is 58.8 Å². The van der Waals surface area contributed by atoms with Crippen LogP contribution < -0.4 is 0 Å². The maximum atomic E-state index is 14.1. The Bertz CT molecular complexity index is 1490. The Hall–Kier alpha value is -2.90. The Kier molecular flexibility index (Phi) is 7.51. The van der Waals surface area contributed by atoms with Crippen molar-refractivity contribution in [3.8, 4) is 0 Å². The second-order valence-corrected chi connectivity index (χ2v) is 12.5. The lowest BCUT2D eigenvalue weighted by atomic mass is 9.93. The van der Waals surface area contributed by atoms with Gasteiger partial charge in [0.2, 0.25) is 15.9 Å². The number of hydrogen-bond acceptors (Lipinski definition) is 7. The van der Waals surface area contributed by atoms with E-state index in [-0.39, 0.29) is 60.4 Å². The lowest BCUT2D eigenvalue weighted by molar-refractivity contribution is -0.384. The SMILES string of the molecule is O=C(CN1CCc2sccc2C1c1cccc(F)c1)N1CCN(S(=O)(=O)c2ccc(Cl)c([N+](=O)[O-])c2)CC1. The van der Waals surface area contributed by atoms with E-state index in [1.165, 1.54) is 33.4 Å². The predicted molar refractivity (Wildman–Crippen MR) is 141 cm³/mol. The molecule has 0 aliphatic carbocycles. The summed E-state index contributed by atoms with van der Waals surface area (Å²) < 4.78 is 41.5. The third kappa shape index (κ3) is 5.19. The smallest absolute Gasteiger partial charge is 0.289 e. The maximum absolute atomic E-state index is 14.1. The quantitative estimate of drug-likeness (QED) is 0.324. The van der Waals surface area contributed by atoms with Gasteiger partial charge in [0, 0.05) is 43.7 Å². The van der Waals surface area contributed by atoms with E-state index in [0.29, 0.717) is 6.54 Å². The average molecular weight is 579 g/mol. The normalized spacial score (nSPS) is 18.8. The Balaban J connectivity index is 1.28. The van der Waals surface area contributed by atoms with E-state index >= 15 is 0 Å². The minimum Gasteiger partial charge on any atom is -0.339 e. The lowest BCUT2D eigenvalue weighted by Gasteiger charge is -2.39. The van der Waals surface area contributed by atoms with Gasteiger partial charge in [-0.1, -0.05) is 23.7 Å². The molecule has 3 aromatic rings. The molecule has 200 valence electrons. The van der Waals surface area contributed by atoms with Crippen molar-refractivity contribution >= 4 is 44.6 Å². The Morgan fingerprint density at radius 2 is 1.87 bits per heavy atom. The molecule has 3 heterocycles. The highest BCUT2D eigenvalue weighted by molar-refractivity contribution is 7.89. The molecule has 0 bridgehead atoms. The van der Waals surface area contributed by atoms with Gasteiger partial charge >= 0.3 is 0 Å². The zero-order valence-corrected chi connectivity index (χ0v) is 22.5.